The number of halogens is 2. The molecule has 6 nitrogen and oxygen atoms in total. The van der Waals surface area contributed by atoms with E-state index in [0.29, 0.717) is 22.7 Å². The van der Waals surface area contributed by atoms with Gasteiger partial charge >= 0.3 is 0 Å². The zero-order valence-electron chi connectivity index (χ0n) is 17.4. The summed E-state index contributed by atoms with van der Waals surface area (Å²) in [5.74, 6) is 0.569. The van der Waals surface area contributed by atoms with Crippen molar-refractivity contribution in [3.8, 4) is 22.1 Å². The number of nitrogens with zero attached hydrogens (tertiary/aromatic N) is 1. The lowest BCUT2D eigenvalue weighted by atomic mass is 10.1. The van der Waals surface area contributed by atoms with Crippen molar-refractivity contribution in [1.82, 2.24) is 10.3 Å². The lowest BCUT2D eigenvalue weighted by molar-refractivity contribution is 0.0974. The summed E-state index contributed by atoms with van der Waals surface area (Å²) < 4.78 is 13.2. The van der Waals surface area contributed by atoms with Crippen LogP contribution in [0.25, 0.3) is 20.8 Å². The molecule has 1 heterocycles. The van der Waals surface area contributed by atoms with Gasteiger partial charge in [0.1, 0.15) is 16.5 Å². The number of ether oxygens (including phenoxy) is 2. The summed E-state index contributed by atoms with van der Waals surface area (Å²) in [6.07, 6.45) is 0. The Morgan fingerprint density at radius 2 is 1.85 bits per heavy atom. The number of methoxy groups -OCH3 is 2. The largest absolute Gasteiger partial charge is 0.497 e. The number of para-hydroxylation sites is 1. The van der Waals surface area contributed by atoms with Crippen LogP contribution in [0.4, 0.5) is 5.69 Å². The van der Waals surface area contributed by atoms with Crippen LogP contribution in [0.5, 0.6) is 11.5 Å². The van der Waals surface area contributed by atoms with E-state index >= 15 is 0 Å². The fraction of sp³-hybridized carbons (Fsp3) is 0.0870. The molecule has 0 fully saturated rings. The third-order valence-corrected chi connectivity index (χ3v) is 7.06. The lowest BCUT2D eigenvalue weighted by Gasteiger charge is -2.16. The van der Waals surface area contributed by atoms with Gasteiger partial charge in [0.2, 0.25) is 0 Å². The highest BCUT2D eigenvalue weighted by atomic mass is 79.9. The number of thiazole rings is 1. The zero-order chi connectivity index (χ0) is 23.5. The third kappa shape index (κ3) is 5.19. The summed E-state index contributed by atoms with van der Waals surface area (Å²) in [4.78, 5) is 17.6. The molecule has 0 radical (unpaired) electrons. The number of fused-ring (bicyclic) bond motifs is 1. The van der Waals surface area contributed by atoms with E-state index in [0.717, 1.165) is 29.7 Å². The van der Waals surface area contributed by atoms with Crippen LogP contribution in [0.1, 0.15) is 10.4 Å². The highest BCUT2D eigenvalue weighted by Gasteiger charge is 2.18. The number of thiocarbonyl (C=S) groups is 1. The van der Waals surface area contributed by atoms with E-state index in [1.807, 2.05) is 36.4 Å². The van der Waals surface area contributed by atoms with Gasteiger partial charge in [-0.05, 0) is 64.5 Å². The Balaban J connectivity index is 1.61. The zero-order valence-corrected chi connectivity index (χ0v) is 22.2. The second-order valence-corrected chi connectivity index (χ2v) is 9.98. The second kappa shape index (κ2) is 10.2. The maximum atomic E-state index is 12.8. The van der Waals surface area contributed by atoms with E-state index in [9.17, 15) is 4.79 Å². The number of benzene rings is 3. The first-order chi connectivity index (χ1) is 15.9. The molecule has 0 atom stereocenters. The average molecular weight is 607 g/mol. The predicted molar refractivity (Wildman–Crippen MR) is 144 cm³/mol. The predicted octanol–water partition coefficient (Wildman–Crippen LogP) is 6.63. The molecule has 4 rings (SSSR count). The van der Waals surface area contributed by atoms with Gasteiger partial charge in [-0.15, -0.1) is 11.3 Å². The summed E-state index contributed by atoms with van der Waals surface area (Å²) in [5, 5.41) is 6.83. The van der Waals surface area contributed by atoms with Crippen molar-refractivity contribution >= 4 is 82.3 Å². The Morgan fingerprint density at radius 1 is 1.06 bits per heavy atom. The van der Waals surface area contributed by atoms with Crippen molar-refractivity contribution in [3.63, 3.8) is 0 Å². The minimum atomic E-state index is -0.401. The van der Waals surface area contributed by atoms with Gasteiger partial charge in [-0.1, -0.05) is 28.1 Å². The molecule has 0 aliphatic carbocycles. The lowest BCUT2D eigenvalue weighted by Crippen LogP contribution is -2.34. The Labute approximate surface area is 216 Å². The summed E-state index contributed by atoms with van der Waals surface area (Å²) in [6.45, 7) is 0. The Bertz CT molecular complexity index is 1340. The van der Waals surface area contributed by atoms with Crippen molar-refractivity contribution in [3.05, 3.63) is 69.1 Å². The molecule has 4 aromatic rings. The third-order valence-electron chi connectivity index (χ3n) is 4.70. The van der Waals surface area contributed by atoms with Gasteiger partial charge in [-0.25, -0.2) is 4.98 Å². The molecule has 33 heavy (non-hydrogen) atoms. The van der Waals surface area contributed by atoms with Crippen molar-refractivity contribution in [1.29, 1.82) is 0 Å². The van der Waals surface area contributed by atoms with Gasteiger partial charge in [-0.2, -0.15) is 0 Å². The van der Waals surface area contributed by atoms with Crippen LogP contribution in [0.2, 0.25) is 0 Å². The van der Waals surface area contributed by atoms with E-state index in [1.165, 1.54) is 7.11 Å². The van der Waals surface area contributed by atoms with Crippen LogP contribution in [0, 0.1) is 0 Å². The molecule has 0 saturated carbocycles. The van der Waals surface area contributed by atoms with Gasteiger partial charge in [0.15, 0.2) is 5.11 Å². The molecule has 1 aromatic heterocycles. The maximum Gasteiger partial charge on any atom is 0.261 e. The smallest absolute Gasteiger partial charge is 0.261 e. The van der Waals surface area contributed by atoms with Crippen molar-refractivity contribution in [2.75, 3.05) is 19.5 Å². The quantitative estimate of drug-likeness (QED) is 0.248. The SMILES string of the molecule is COc1ccc(C(=O)NC(=S)Nc2c(Br)cc(Br)cc2-c2nc3ccccc3s2)c(OC)c1. The standard InChI is InChI=1S/C23H17Br2N3O3S2/c1-30-13-7-8-14(18(11-13)31-2)21(29)28-23(32)27-20-15(9-12(24)10-16(20)25)22-26-17-5-3-4-6-19(17)33-22/h3-11H,1-2H3,(H2,27,28,29,32). The van der Waals surface area contributed by atoms with Gasteiger partial charge in [0, 0.05) is 20.6 Å². The highest BCUT2D eigenvalue weighted by molar-refractivity contribution is 9.11. The number of carbonyl (C=O) groups is 1. The van der Waals surface area contributed by atoms with Crippen LogP contribution in [0.3, 0.4) is 0 Å². The van der Waals surface area contributed by atoms with Crippen LogP contribution in [0.15, 0.2) is 63.5 Å². The van der Waals surface area contributed by atoms with E-state index in [4.69, 9.17) is 26.7 Å². The van der Waals surface area contributed by atoms with Gasteiger partial charge < -0.3 is 14.8 Å². The van der Waals surface area contributed by atoms with E-state index < -0.39 is 5.91 Å². The molecule has 2 N–H and O–H groups in total. The first kappa shape index (κ1) is 23.6. The van der Waals surface area contributed by atoms with E-state index in [2.05, 4.69) is 42.5 Å². The van der Waals surface area contributed by atoms with E-state index in [-0.39, 0.29) is 5.11 Å². The molecule has 3 aromatic carbocycles. The summed E-state index contributed by atoms with van der Waals surface area (Å²) >= 11 is 14.2. The average Bonchev–Trinajstić information content (AvgIpc) is 3.24. The van der Waals surface area contributed by atoms with Crippen molar-refractivity contribution in [2.24, 2.45) is 0 Å². The number of hydrogen-bond donors (Lipinski definition) is 2. The second-order valence-electron chi connectivity index (χ2n) is 6.77. The van der Waals surface area contributed by atoms with Crippen molar-refractivity contribution in [2.45, 2.75) is 0 Å². The summed E-state index contributed by atoms with van der Waals surface area (Å²) in [5.41, 5.74) is 2.80. The van der Waals surface area contributed by atoms with Crippen molar-refractivity contribution < 1.29 is 14.3 Å². The van der Waals surface area contributed by atoms with Gasteiger partial charge in [0.25, 0.3) is 5.91 Å². The molecule has 0 aliphatic rings. The molecule has 0 spiro atoms. The first-order valence-electron chi connectivity index (χ1n) is 9.59. The first-order valence-corrected chi connectivity index (χ1v) is 12.4. The molecular weight excluding hydrogens is 590 g/mol. The summed E-state index contributed by atoms with van der Waals surface area (Å²) in [6, 6.07) is 16.8. The fourth-order valence-corrected chi connectivity index (χ4v) is 5.67. The Morgan fingerprint density at radius 3 is 2.58 bits per heavy atom. The van der Waals surface area contributed by atoms with Crippen LogP contribution < -0.4 is 20.1 Å². The Kier molecular flexibility index (Phi) is 7.28. The van der Waals surface area contributed by atoms with Crippen LogP contribution >= 0.6 is 55.4 Å². The fourth-order valence-electron chi connectivity index (χ4n) is 3.16. The van der Waals surface area contributed by atoms with Crippen LogP contribution in [-0.2, 0) is 0 Å². The topological polar surface area (TPSA) is 72.5 Å². The minimum absolute atomic E-state index is 0.142. The number of hydrogen-bond acceptors (Lipinski definition) is 6. The highest BCUT2D eigenvalue weighted by Crippen LogP contribution is 2.40. The number of amides is 1. The monoisotopic (exact) mass is 605 g/mol. The van der Waals surface area contributed by atoms with Gasteiger partial charge in [-0.3, -0.25) is 10.1 Å². The molecule has 168 valence electrons. The molecule has 0 aliphatic heterocycles. The number of anilines is 1. The molecule has 0 saturated heterocycles. The number of nitrogens with one attached hydrogen (secondary N) is 2. The molecule has 0 bridgehead atoms. The number of carbonyl (C=O) groups excluding carboxylic acids is 1. The van der Waals surface area contributed by atoms with E-state index in [1.54, 1.807) is 36.6 Å². The summed E-state index contributed by atoms with van der Waals surface area (Å²) in [7, 11) is 3.04. The molecular formula is C23H17Br2N3O3S2. The number of rotatable bonds is 5. The normalized spacial score (nSPS) is 10.7. The Hall–Kier alpha value is -2.53. The minimum Gasteiger partial charge on any atom is -0.497 e. The molecule has 1 amide bonds. The molecule has 0 unspecified atom stereocenters. The molecule has 10 heteroatoms. The van der Waals surface area contributed by atoms with Gasteiger partial charge in [0.05, 0.1) is 35.7 Å². The number of aromatic nitrogens is 1. The maximum absolute atomic E-state index is 12.8. The van der Waals surface area contributed by atoms with Crippen LogP contribution in [-0.4, -0.2) is 30.2 Å².